The smallest absolute Gasteiger partial charge is 0.305 e. The number of anilines is 1. The van der Waals surface area contributed by atoms with Crippen molar-refractivity contribution in [2.24, 2.45) is 10.2 Å². The molecule has 1 heterocycles. The van der Waals surface area contributed by atoms with Gasteiger partial charge in [-0.2, -0.15) is 10.2 Å². The Labute approximate surface area is 266 Å². The van der Waals surface area contributed by atoms with E-state index in [1.165, 1.54) is 7.11 Å². The number of rotatable bonds is 23. The first-order valence-corrected chi connectivity index (χ1v) is 15.8. The highest BCUT2D eigenvalue weighted by Crippen LogP contribution is 2.32. The average molecular weight is 625 g/mol. The molecule has 1 aromatic rings. The van der Waals surface area contributed by atoms with Gasteiger partial charge in [-0.15, -0.1) is 12.3 Å². The fraction of sp³-hybridized carbons (Fsp3) is 0.606. The summed E-state index contributed by atoms with van der Waals surface area (Å²) >= 11 is 0. The molecule has 246 valence electrons. The Bertz CT molecular complexity index is 1190. The Morgan fingerprint density at radius 3 is 2.11 bits per heavy atom. The van der Waals surface area contributed by atoms with Gasteiger partial charge in [0.25, 0.3) is 0 Å². The van der Waals surface area contributed by atoms with Crippen molar-refractivity contribution in [3.63, 3.8) is 0 Å². The minimum Gasteiger partial charge on any atom is -0.469 e. The van der Waals surface area contributed by atoms with Crippen LogP contribution in [0.5, 0.6) is 0 Å². The van der Waals surface area contributed by atoms with E-state index in [1.807, 2.05) is 24.3 Å². The highest BCUT2D eigenvalue weighted by atomic mass is 16.5. The molecule has 12 heteroatoms. The van der Waals surface area contributed by atoms with Gasteiger partial charge in [-0.1, -0.05) is 31.4 Å². The van der Waals surface area contributed by atoms with Crippen molar-refractivity contribution in [1.29, 1.82) is 0 Å². The summed E-state index contributed by atoms with van der Waals surface area (Å²) in [6.07, 6.45) is 13.4. The van der Waals surface area contributed by atoms with Gasteiger partial charge in [-0.05, 0) is 56.7 Å². The minimum atomic E-state index is -0.733. The maximum atomic E-state index is 12.6. The summed E-state index contributed by atoms with van der Waals surface area (Å²) in [6, 6.07) is 6.85. The van der Waals surface area contributed by atoms with E-state index in [0.717, 1.165) is 43.4 Å². The van der Waals surface area contributed by atoms with Gasteiger partial charge in [0.1, 0.15) is 6.04 Å². The molecular weight excluding hydrogens is 576 g/mol. The fourth-order valence-electron chi connectivity index (χ4n) is 4.56. The highest BCUT2D eigenvalue weighted by molar-refractivity contribution is 5.90. The molecule has 0 aliphatic carbocycles. The molecule has 4 N–H and O–H groups in total. The molecule has 12 nitrogen and oxygen atoms in total. The molecule has 0 unspecified atom stereocenters. The normalized spacial score (nSPS) is 13.2. The summed E-state index contributed by atoms with van der Waals surface area (Å²) in [4.78, 5) is 60.2. The van der Waals surface area contributed by atoms with Gasteiger partial charge in [-0.3, -0.25) is 24.0 Å². The van der Waals surface area contributed by atoms with E-state index in [4.69, 9.17) is 6.42 Å². The second-order valence-corrected chi connectivity index (χ2v) is 11.4. The first-order valence-electron chi connectivity index (χ1n) is 15.8. The molecule has 1 aliphatic rings. The molecule has 1 aromatic carbocycles. The molecule has 0 bridgehead atoms. The van der Waals surface area contributed by atoms with Crippen LogP contribution in [0, 0.1) is 12.3 Å². The number of nitrogens with zero attached hydrogens (tertiary/aromatic N) is 2. The van der Waals surface area contributed by atoms with Crippen LogP contribution in [0.15, 0.2) is 34.5 Å². The van der Waals surface area contributed by atoms with Crippen molar-refractivity contribution >= 4 is 35.3 Å². The van der Waals surface area contributed by atoms with Crippen molar-refractivity contribution in [3.8, 4) is 12.3 Å². The quantitative estimate of drug-likeness (QED) is 0.0817. The first kappa shape index (κ1) is 36.9. The van der Waals surface area contributed by atoms with Crippen LogP contribution in [0.1, 0.15) is 96.0 Å². The number of hydrogen-bond acceptors (Lipinski definition) is 8. The Morgan fingerprint density at radius 2 is 1.47 bits per heavy atom. The van der Waals surface area contributed by atoms with Gasteiger partial charge in [0, 0.05) is 57.3 Å². The summed E-state index contributed by atoms with van der Waals surface area (Å²) in [5.41, 5.74) is 1.16. The maximum Gasteiger partial charge on any atom is 0.305 e. The third-order valence-corrected chi connectivity index (χ3v) is 7.30. The largest absolute Gasteiger partial charge is 0.469 e. The molecular formula is C33H48N6O6. The molecule has 1 atom stereocenters. The zero-order valence-electron chi connectivity index (χ0n) is 26.6. The van der Waals surface area contributed by atoms with Gasteiger partial charge >= 0.3 is 5.97 Å². The summed E-state index contributed by atoms with van der Waals surface area (Å²) < 4.78 is 4.62. The molecule has 4 amide bonds. The number of methoxy groups -OCH3 is 1. The molecule has 1 aliphatic heterocycles. The number of esters is 1. The lowest BCUT2D eigenvalue weighted by atomic mass is 10.0. The van der Waals surface area contributed by atoms with Crippen molar-refractivity contribution < 1.29 is 28.7 Å². The lowest BCUT2D eigenvalue weighted by Crippen LogP contribution is -2.48. The molecule has 45 heavy (non-hydrogen) atoms. The van der Waals surface area contributed by atoms with Crippen LogP contribution in [0.4, 0.5) is 5.69 Å². The zero-order chi connectivity index (χ0) is 32.9. The number of hydrogen-bond donors (Lipinski definition) is 4. The predicted octanol–water partition coefficient (Wildman–Crippen LogP) is 3.94. The number of amides is 4. The van der Waals surface area contributed by atoms with Gasteiger partial charge in [-0.25, -0.2) is 0 Å². The molecule has 2 rings (SSSR count). The summed E-state index contributed by atoms with van der Waals surface area (Å²) in [7, 11) is 1.38. The summed E-state index contributed by atoms with van der Waals surface area (Å²) in [6.45, 7) is 2.76. The second-order valence-electron chi connectivity index (χ2n) is 11.4. The predicted molar refractivity (Wildman–Crippen MR) is 171 cm³/mol. The molecule has 0 saturated carbocycles. The van der Waals surface area contributed by atoms with E-state index in [0.29, 0.717) is 64.5 Å². The summed E-state index contributed by atoms with van der Waals surface area (Å²) in [5.74, 6) is 1.59. The van der Waals surface area contributed by atoms with Gasteiger partial charge in [0.05, 0.1) is 7.11 Å². The Hall–Kier alpha value is -4.27. The SMILES string of the molecule is C#CCCC(=O)N[C@@H](CC1(C)N=N1)C(=O)NCCCCCC(=O)NCCc1ccc(NC(=O)CCCCCCC(=O)OC)cc1. The van der Waals surface area contributed by atoms with Crippen molar-refractivity contribution in [2.45, 2.75) is 109 Å². The van der Waals surface area contributed by atoms with Crippen LogP contribution >= 0.6 is 0 Å². The second kappa shape index (κ2) is 20.6. The Morgan fingerprint density at radius 1 is 0.822 bits per heavy atom. The topological polar surface area (TPSA) is 167 Å². The van der Waals surface area contributed by atoms with Crippen LogP contribution in [0.2, 0.25) is 0 Å². The molecule has 0 fully saturated rings. The monoisotopic (exact) mass is 624 g/mol. The minimum absolute atomic E-state index is 0.0202. The third kappa shape index (κ3) is 17.0. The van der Waals surface area contributed by atoms with Crippen molar-refractivity contribution in [3.05, 3.63) is 29.8 Å². The fourth-order valence-corrected chi connectivity index (χ4v) is 4.56. The van der Waals surface area contributed by atoms with Crippen molar-refractivity contribution in [2.75, 3.05) is 25.5 Å². The maximum absolute atomic E-state index is 12.6. The Balaban J connectivity index is 1.53. The number of carbonyl (C=O) groups is 5. The zero-order valence-corrected chi connectivity index (χ0v) is 26.6. The van der Waals surface area contributed by atoms with E-state index < -0.39 is 11.7 Å². The third-order valence-electron chi connectivity index (χ3n) is 7.30. The van der Waals surface area contributed by atoms with Crippen LogP contribution in [-0.2, 0) is 35.1 Å². The van der Waals surface area contributed by atoms with Crippen LogP contribution < -0.4 is 21.3 Å². The number of carbonyl (C=O) groups excluding carboxylic acids is 5. The van der Waals surface area contributed by atoms with Gasteiger partial charge in [0.2, 0.25) is 23.6 Å². The van der Waals surface area contributed by atoms with Crippen LogP contribution in [-0.4, -0.2) is 61.5 Å². The highest BCUT2D eigenvalue weighted by Gasteiger charge is 2.39. The molecule has 0 spiro atoms. The molecule has 0 aromatic heterocycles. The molecule has 0 radical (unpaired) electrons. The lowest BCUT2D eigenvalue weighted by molar-refractivity contribution is -0.140. The van der Waals surface area contributed by atoms with E-state index in [1.54, 1.807) is 6.92 Å². The average Bonchev–Trinajstić information content (AvgIpc) is 3.75. The van der Waals surface area contributed by atoms with Gasteiger partial charge in [0.15, 0.2) is 5.66 Å². The standard InChI is InChI=1S/C33H48N6O6/c1-4-5-13-30(42)37-27(24-33(2)38-39-33)32(44)35-22-12-8-10-14-28(40)34-23-21-25-17-19-26(20-18-25)36-29(41)15-9-6-7-11-16-31(43)45-3/h1,17-20,27H,5-16,21-24H2,2-3H3,(H,34,40)(H,35,44)(H,36,41)(H,37,42)/t27-/m0/s1. The van der Waals surface area contributed by atoms with E-state index in [-0.39, 0.29) is 36.0 Å². The number of terminal acetylenes is 1. The first-order chi connectivity index (χ1) is 21.6. The summed E-state index contributed by atoms with van der Waals surface area (Å²) in [5, 5.41) is 19.3. The number of ether oxygens (including phenoxy) is 1. The van der Waals surface area contributed by atoms with Crippen molar-refractivity contribution in [1.82, 2.24) is 16.0 Å². The number of nitrogens with one attached hydrogen (secondary N) is 4. The number of unbranched alkanes of at least 4 members (excludes halogenated alkanes) is 5. The molecule has 0 saturated heterocycles. The lowest BCUT2D eigenvalue weighted by Gasteiger charge is -2.19. The number of benzene rings is 1. The Kier molecular flexibility index (Phi) is 16.9. The van der Waals surface area contributed by atoms with Crippen LogP contribution in [0.3, 0.4) is 0 Å². The van der Waals surface area contributed by atoms with Gasteiger partial charge < -0.3 is 26.0 Å². The van der Waals surface area contributed by atoms with Crippen LogP contribution in [0.25, 0.3) is 0 Å². The van der Waals surface area contributed by atoms with E-state index in [9.17, 15) is 24.0 Å². The van der Waals surface area contributed by atoms with E-state index in [2.05, 4.69) is 42.2 Å². The van der Waals surface area contributed by atoms with E-state index >= 15 is 0 Å².